The Bertz CT molecular complexity index is 869. The van der Waals surface area contributed by atoms with E-state index in [2.05, 4.69) is 9.97 Å². The first-order valence-corrected chi connectivity index (χ1v) is 7.49. The fourth-order valence-corrected chi connectivity index (χ4v) is 2.81. The Balaban J connectivity index is 2.42. The van der Waals surface area contributed by atoms with Crippen LogP contribution in [-0.4, -0.2) is 14.4 Å². The molecule has 0 saturated carbocycles. The first-order valence-electron chi connectivity index (χ1n) is 7.11. The first-order chi connectivity index (χ1) is 10.9. The number of aromatic nitrogens is 3. The molecule has 1 aromatic carbocycles. The van der Waals surface area contributed by atoms with Gasteiger partial charge in [0, 0.05) is 30.1 Å². The Morgan fingerprint density at radius 3 is 2.43 bits per heavy atom. The van der Waals surface area contributed by atoms with Crippen molar-refractivity contribution in [3.8, 4) is 11.1 Å². The minimum absolute atomic E-state index is 0.0900. The molecule has 0 saturated heterocycles. The summed E-state index contributed by atoms with van der Waals surface area (Å²) in [5.41, 5.74) is 0.178. The normalized spacial score (nSPS) is 12.8. The van der Waals surface area contributed by atoms with Gasteiger partial charge in [-0.2, -0.15) is 0 Å². The van der Waals surface area contributed by atoms with Crippen molar-refractivity contribution in [3.63, 3.8) is 0 Å². The van der Waals surface area contributed by atoms with Gasteiger partial charge in [0.2, 0.25) is 5.78 Å². The predicted octanol–water partition coefficient (Wildman–Crippen LogP) is 4.98. The minimum atomic E-state index is -1.02. The van der Waals surface area contributed by atoms with Crippen LogP contribution in [-0.2, 0) is 0 Å². The third kappa shape index (κ3) is 2.57. The molecule has 1 atom stereocenters. The second-order valence-electron chi connectivity index (χ2n) is 5.31. The number of rotatable bonds is 3. The van der Waals surface area contributed by atoms with Crippen molar-refractivity contribution in [1.29, 1.82) is 0 Å². The maximum absolute atomic E-state index is 14.3. The van der Waals surface area contributed by atoms with E-state index in [4.69, 9.17) is 11.6 Å². The largest absolute Gasteiger partial charge is 0.274 e. The van der Waals surface area contributed by atoms with E-state index < -0.39 is 17.5 Å². The molecule has 0 fully saturated rings. The molecule has 0 spiro atoms. The molecule has 7 heteroatoms. The van der Waals surface area contributed by atoms with Gasteiger partial charge in [-0.1, -0.05) is 25.4 Å². The highest BCUT2D eigenvalue weighted by atomic mass is 35.5. The zero-order valence-corrected chi connectivity index (χ0v) is 13.2. The van der Waals surface area contributed by atoms with Crippen LogP contribution in [0, 0.1) is 17.5 Å². The standard InChI is InChI=1S/C16H13ClF3N3/c1-3-8(2)14-13(12-10(19)6-9(18)7-11(12)20)15(17)23-5-4-21-16(23)22-14/h4-8H,3H2,1-2H3. The third-order valence-corrected chi connectivity index (χ3v) is 4.22. The van der Waals surface area contributed by atoms with Gasteiger partial charge in [0.25, 0.3) is 0 Å². The van der Waals surface area contributed by atoms with Crippen LogP contribution in [0.5, 0.6) is 0 Å². The summed E-state index contributed by atoms with van der Waals surface area (Å²) in [6, 6.07) is 1.26. The number of nitrogens with zero attached hydrogens (tertiary/aromatic N) is 3. The zero-order valence-electron chi connectivity index (χ0n) is 12.4. The average Bonchev–Trinajstić information content (AvgIpc) is 2.96. The highest BCUT2D eigenvalue weighted by Gasteiger charge is 2.25. The summed E-state index contributed by atoms with van der Waals surface area (Å²) in [5, 5.41) is 0.0900. The lowest BCUT2D eigenvalue weighted by molar-refractivity contribution is 0.547. The zero-order chi connectivity index (χ0) is 16.7. The van der Waals surface area contributed by atoms with Crippen LogP contribution >= 0.6 is 11.6 Å². The van der Waals surface area contributed by atoms with E-state index in [1.165, 1.54) is 10.6 Å². The smallest absolute Gasteiger partial charge is 0.235 e. The highest BCUT2D eigenvalue weighted by molar-refractivity contribution is 6.32. The van der Waals surface area contributed by atoms with E-state index >= 15 is 0 Å². The summed E-state index contributed by atoms with van der Waals surface area (Å²) in [5.74, 6) is -2.78. The molecular weight excluding hydrogens is 327 g/mol. The van der Waals surface area contributed by atoms with Crippen LogP contribution in [0.1, 0.15) is 31.9 Å². The minimum Gasteiger partial charge on any atom is -0.274 e. The van der Waals surface area contributed by atoms with Crippen molar-refractivity contribution in [3.05, 3.63) is 52.8 Å². The van der Waals surface area contributed by atoms with Crippen LogP contribution in [0.3, 0.4) is 0 Å². The topological polar surface area (TPSA) is 30.2 Å². The molecule has 0 radical (unpaired) electrons. The Morgan fingerprint density at radius 1 is 1.17 bits per heavy atom. The number of imidazole rings is 1. The van der Waals surface area contributed by atoms with Gasteiger partial charge >= 0.3 is 0 Å². The summed E-state index contributed by atoms with van der Waals surface area (Å²) in [4.78, 5) is 8.46. The van der Waals surface area contributed by atoms with Gasteiger partial charge in [-0.05, 0) is 12.3 Å². The van der Waals surface area contributed by atoms with E-state index in [-0.39, 0.29) is 22.2 Å². The number of benzene rings is 1. The number of hydrogen-bond donors (Lipinski definition) is 0. The van der Waals surface area contributed by atoms with Gasteiger partial charge < -0.3 is 0 Å². The van der Waals surface area contributed by atoms with Crippen LogP contribution < -0.4 is 0 Å². The van der Waals surface area contributed by atoms with Gasteiger partial charge in [0.1, 0.15) is 22.6 Å². The molecule has 120 valence electrons. The molecule has 3 rings (SSSR count). The second kappa shape index (κ2) is 5.85. The number of hydrogen-bond acceptors (Lipinski definition) is 2. The van der Waals surface area contributed by atoms with Gasteiger partial charge in [-0.15, -0.1) is 0 Å². The van der Waals surface area contributed by atoms with Crippen LogP contribution in [0.25, 0.3) is 16.9 Å². The molecule has 23 heavy (non-hydrogen) atoms. The number of halogens is 4. The maximum atomic E-state index is 14.3. The summed E-state index contributed by atoms with van der Waals surface area (Å²) in [7, 11) is 0. The summed E-state index contributed by atoms with van der Waals surface area (Å²) in [6.45, 7) is 3.80. The Hall–Kier alpha value is -2.08. The molecule has 3 aromatic rings. The first kappa shape index (κ1) is 15.8. The van der Waals surface area contributed by atoms with Gasteiger partial charge in [0.05, 0.1) is 11.3 Å². The lowest BCUT2D eigenvalue weighted by atomic mass is 9.95. The average molecular weight is 340 g/mol. The molecule has 0 aliphatic rings. The molecular formula is C16H13ClF3N3. The molecule has 0 aliphatic carbocycles. The Morgan fingerprint density at radius 2 is 1.83 bits per heavy atom. The van der Waals surface area contributed by atoms with Gasteiger partial charge in [0.15, 0.2) is 0 Å². The second-order valence-corrected chi connectivity index (χ2v) is 5.67. The third-order valence-electron chi connectivity index (χ3n) is 3.85. The van der Waals surface area contributed by atoms with E-state index in [1.807, 2.05) is 13.8 Å². The summed E-state index contributed by atoms with van der Waals surface area (Å²) < 4.78 is 43.2. The van der Waals surface area contributed by atoms with Crippen molar-refractivity contribution in [1.82, 2.24) is 14.4 Å². The van der Waals surface area contributed by atoms with Crippen LogP contribution in [0.15, 0.2) is 24.5 Å². The molecule has 2 heterocycles. The highest BCUT2D eigenvalue weighted by Crippen LogP contribution is 2.38. The Kier molecular flexibility index (Phi) is 4.02. The fraction of sp³-hybridized carbons (Fsp3) is 0.250. The lowest BCUT2D eigenvalue weighted by Gasteiger charge is -2.17. The van der Waals surface area contributed by atoms with Gasteiger partial charge in [-0.25, -0.2) is 23.1 Å². The molecule has 0 amide bonds. The Labute approximate surface area is 135 Å². The summed E-state index contributed by atoms with van der Waals surface area (Å²) >= 11 is 6.36. The van der Waals surface area contributed by atoms with E-state index in [9.17, 15) is 13.2 Å². The van der Waals surface area contributed by atoms with E-state index in [0.29, 0.717) is 30.0 Å². The molecule has 2 aromatic heterocycles. The van der Waals surface area contributed by atoms with Crippen molar-refractivity contribution in [2.75, 3.05) is 0 Å². The van der Waals surface area contributed by atoms with Crippen molar-refractivity contribution in [2.24, 2.45) is 0 Å². The number of fused-ring (bicyclic) bond motifs is 1. The molecule has 3 nitrogen and oxygen atoms in total. The van der Waals surface area contributed by atoms with Crippen molar-refractivity contribution >= 4 is 17.4 Å². The maximum Gasteiger partial charge on any atom is 0.235 e. The SMILES string of the molecule is CCC(C)c1nc2nccn2c(Cl)c1-c1c(F)cc(F)cc1F. The van der Waals surface area contributed by atoms with Crippen LogP contribution in [0.2, 0.25) is 5.15 Å². The fourth-order valence-electron chi connectivity index (χ4n) is 2.48. The van der Waals surface area contributed by atoms with Crippen molar-refractivity contribution < 1.29 is 13.2 Å². The van der Waals surface area contributed by atoms with E-state index in [1.54, 1.807) is 6.20 Å². The molecule has 1 unspecified atom stereocenters. The van der Waals surface area contributed by atoms with Crippen LogP contribution in [0.4, 0.5) is 13.2 Å². The summed E-state index contributed by atoms with van der Waals surface area (Å²) in [6.07, 6.45) is 3.74. The lowest BCUT2D eigenvalue weighted by Crippen LogP contribution is -2.07. The quantitative estimate of drug-likeness (QED) is 0.630. The molecule has 0 N–H and O–H groups in total. The molecule has 0 bridgehead atoms. The molecule has 0 aliphatic heterocycles. The monoisotopic (exact) mass is 339 g/mol. The van der Waals surface area contributed by atoms with Gasteiger partial charge in [-0.3, -0.25) is 4.40 Å². The van der Waals surface area contributed by atoms with E-state index in [0.717, 1.165) is 0 Å². The van der Waals surface area contributed by atoms with Crippen molar-refractivity contribution in [2.45, 2.75) is 26.2 Å². The predicted molar refractivity (Wildman–Crippen MR) is 82.0 cm³/mol.